The second-order valence-corrected chi connectivity index (χ2v) is 6.91. The molecule has 1 N–H and O–H groups in total. The van der Waals surface area contributed by atoms with Crippen molar-refractivity contribution in [3.8, 4) is 0 Å². The van der Waals surface area contributed by atoms with Gasteiger partial charge in [-0.2, -0.15) is 0 Å². The van der Waals surface area contributed by atoms with Crippen molar-refractivity contribution < 1.29 is 14.3 Å². The van der Waals surface area contributed by atoms with Crippen LogP contribution in [0.25, 0.3) is 0 Å². The van der Waals surface area contributed by atoms with E-state index in [1.54, 1.807) is 0 Å². The van der Waals surface area contributed by atoms with Crippen LogP contribution in [0.3, 0.4) is 0 Å². The van der Waals surface area contributed by atoms with E-state index >= 15 is 0 Å². The Morgan fingerprint density at radius 3 is 2.57 bits per heavy atom. The molecule has 0 bridgehead atoms. The molecule has 1 atom stereocenters. The van der Waals surface area contributed by atoms with Gasteiger partial charge in [0, 0.05) is 19.5 Å². The minimum Gasteiger partial charge on any atom is -0.444 e. The number of nitrogens with one attached hydrogen (secondary N) is 1. The molecule has 1 heterocycles. The first-order chi connectivity index (χ1) is 10.8. The maximum Gasteiger partial charge on any atom is 0.408 e. The number of alkyl carbamates (subject to hydrolysis) is 1. The Morgan fingerprint density at radius 1 is 1.26 bits per heavy atom. The van der Waals surface area contributed by atoms with Crippen molar-refractivity contribution in [1.82, 2.24) is 10.2 Å². The van der Waals surface area contributed by atoms with Crippen molar-refractivity contribution >= 4 is 12.0 Å². The van der Waals surface area contributed by atoms with Gasteiger partial charge < -0.3 is 15.0 Å². The zero-order valence-electron chi connectivity index (χ0n) is 14.2. The standard InChI is InChI=1S/C18H26N2O3/c1-18(2,3)23-17(22)19-15(14-9-5-4-6-10-14)13-20-12-8-7-11-16(20)21/h4-6,9-10,15H,7-8,11-13H2,1-3H3,(H,19,22). The van der Waals surface area contributed by atoms with E-state index < -0.39 is 11.7 Å². The number of piperidine rings is 1. The van der Waals surface area contributed by atoms with E-state index in [0.29, 0.717) is 13.0 Å². The van der Waals surface area contributed by atoms with Gasteiger partial charge in [-0.1, -0.05) is 30.3 Å². The van der Waals surface area contributed by atoms with Gasteiger partial charge in [-0.3, -0.25) is 4.79 Å². The largest absolute Gasteiger partial charge is 0.444 e. The number of carbonyl (C=O) groups excluding carboxylic acids is 2. The molecule has 5 heteroatoms. The van der Waals surface area contributed by atoms with Gasteiger partial charge in [-0.05, 0) is 39.2 Å². The fraction of sp³-hybridized carbons (Fsp3) is 0.556. The molecule has 0 saturated carbocycles. The molecule has 1 aliphatic rings. The van der Waals surface area contributed by atoms with Crippen LogP contribution in [0, 0.1) is 0 Å². The second kappa shape index (κ2) is 7.49. The molecule has 23 heavy (non-hydrogen) atoms. The third-order valence-corrected chi connectivity index (χ3v) is 3.72. The van der Waals surface area contributed by atoms with Crippen molar-refractivity contribution in [1.29, 1.82) is 0 Å². The molecule has 0 aliphatic carbocycles. The topological polar surface area (TPSA) is 58.6 Å². The van der Waals surface area contributed by atoms with E-state index in [1.165, 1.54) is 0 Å². The van der Waals surface area contributed by atoms with Crippen LogP contribution in [0.2, 0.25) is 0 Å². The number of rotatable bonds is 4. The zero-order chi connectivity index (χ0) is 16.9. The van der Waals surface area contributed by atoms with Crippen LogP contribution in [-0.2, 0) is 9.53 Å². The maximum absolute atomic E-state index is 12.1. The minimum absolute atomic E-state index is 0.156. The first-order valence-corrected chi connectivity index (χ1v) is 8.17. The molecule has 2 amide bonds. The number of nitrogens with zero attached hydrogens (tertiary/aromatic N) is 1. The molecule has 0 aromatic heterocycles. The highest BCUT2D eigenvalue weighted by molar-refractivity contribution is 5.77. The summed E-state index contributed by atoms with van der Waals surface area (Å²) in [6, 6.07) is 9.43. The molecular weight excluding hydrogens is 292 g/mol. The van der Waals surface area contributed by atoms with E-state index in [1.807, 2.05) is 56.0 Å². The first-order valence-electron chi connectivity index (χ1n) is 8.17. The molecule has 0 radical (unpaired) electrons. The van der Waals surface area contributed by atoms with Crippen LogP contribution in [0.1, 0.15) is 51.6 Å². The summed E-state index contributed by atoms with van der Waals surface area (Å²) in [4.78, 5) is 26.0. The Labute approximate surface area is 138 Å². The Balaban J connectivity index is 2.09. The molecule has 1 aromatic rings. The van der Waals surface area contributed by atoms with E-state index in [-0.39, 0.29) is 11.9 Å². The Hall–Kier alpha value is -2.04. The summed E-state index contributed by atoms with van der Waals surface area (Å²) in [6.07, 6.45) is 2.09. The lowest BCUT2D eigenvalue weighted by Crippen LogP contribution is -2.44. The van der Waals surface area contributed by atoms with Gasteiger partial charge in [0.1, 0.15) is 5.60 Å². The number of hydrogen-bond acceptors (Lipinski definition) is 3. The predicted molar refractivity (Wildman–Crippen MR) is 89.0 cm³/mol. The Morgan fingerprint density at radius 2 is 1.96 bits per heavy atom. The summed E-state index contributed by atoms with van der Waals surface area (Å²) < 4.78 is 5.35. The maximum atomic E-state index is 12.1. The second-order valence-electron chi connectivity index (χ2n) is 6.91. The summed E-state index contributed by atoms with van der Waals surface area (Å²) >= 11 is 0. The number of ether oxygens (including phenoxy) is 1. The van der Waals surface area contributed by atoms with Crippen LogP contribution >= 0.6 is 0 Å². The van der Waals surface area contributed by atoms with Gasteiger partial charge in [0.05, 0.1) is 6.04 Å². The Bertz CT molecular complexity index is 537. The third-order valence-electron chi connectivity index (χ3n) is 3.72. The lowest BCUT2D eigenvalue weighted by Gasteiger charge is -2.31. The Kier molecular flexibility index (Phi) is 5.64. The average molecular weight is 318 g/mol. The fourth-order valence-electron chi connectivity index (χ4n) is 2.64. The van der Waals surface area contributed by atoms with Crippen LogP contribution in [0.15, 0.2) is 30.3 Å². The monoisotopic (exact) mass is 318 g/mol. The molecule has 1 unspecified atom stereocenters. The molecule has 126 valence electrons. The predicted octanol–water partition coefficient (Wildman–Crippen LogP) is 3.26. The van der Waals surface area contributed by atoms with Gasteiger partial charge in [0.25, 0.3) is 0 Å². The van der Waals surface area contributed by atoms with Gasteiger partial charge in [-0.25, -0.2) is 4.79 Å². The van der Waals surface area contributed by atoms with Crippen molar-refractivity contribution in [3.63, 3.8) is 0 Å². The van der Waals surface area contributed by atoms with Crippen LogP contribution in [0.5, 0.6) is 0 Å². The molecular formula is C18H26N2O3. The summed E-state index contributed by atoms with van der Waals surface area (Å²) in [5, 5.41) is 2.90. The van der Waals surface area contributed by atoms with Crippen molar-refractivity contribution in [2.24, 2.45) is 0 Å². The number of amides is 2. The third kappa shape index (κ3) is 5.58. The summed E-state index contributed by atoms with van der Waals surface area (Å²) in [5.41, 5.74) is 0.420. The lowest BCUT2D eigenvalue weighted by molar-refractivity contribution is -0.133. The summed E-state index contributed by atoms with van der Waals surface area (Å²) in [6.45, 7) is 6.72. The zero-order valence-corrected chi connectivity index (χ0v) is 14.2. The van der Waals surface area contributed by atoms with Gasteiger partial charge in [-0.15, -0.1) is 0 Å². The SMILES string of the molecule is CC(C)(C)OC(=O)NC(CN1CCCCC1=O)c1ccccc1. The van der Waals surface area contributed by atoms with E-state index in [0.717, 1.165) is 24.9 Å². The first kappa shape index (κ1) is 17.3. The quantitative estimate of drug-likeness (QED) is 0.927. The minimum atomic E-state index is -0.549. The number of carbonyl (C=O) groups is 2. The van der Waals surface area contributed by atoms with Crippen molar-refractivity contribution in [3.05, 3.63) is 35.9 Å². The van der Waals surface area contributed by atoms with Crippen LogP contribution in [-0.4, -0.2) is 35.6 Å². The number of likely N-dealkylation sites (tertiary alicyclic amines) is 1. The number of benzene rings is 1. The van der Waals surface area contributed by atoms with Crippen LogP contribution < -0.4 is 5.32 Å². The molecule has 5 nitrogen and oxygen atoms in total. The van der Waals surface area contributed by atoms with Gasteiger partial charge in [0.2, 0.25) is 5.91 Å². The highest BCUT2D eigenvalue weighted by atomic mass is 16.6. The van der Waals surface area contributed by atoms with Crippen molar-refractivity contribution in [2.45, 2.75) is 51.7 Å². The van der Waals surface area contributed by atoms with E-state index in [2.05, 4.69) is 5.32 Å². The highest BCUT2D eigenvalue weighted by Crippen LogP contribution is 2.19. The molecule has 2 rings (SSSR count). The fourth-order valence-corrected chi connectivity index (χ4v) is 2.64. The molecule has 1 aliphatic heterocycles. The van der Waals surface area contributed by atoms with Crippen LogP contribution in [0.4, 0.5) is 4.79 Å². The smallest absolute Gasteiger partial charge is 0.408 e. The number of hydrogen-bond donors (Lipinski definition) is 1. The molecule has 1 saturated heterocycles. The van der Waals surface area contributed by atoms with E-state index in [4.69, 9.17) is 4.74 Å². The van der Waals surface area contributed by atoms with Gasteiger partial charge >= 0.3 is 6.09 Å². The van der Waals surface area contributed by atoms with E-state index in [9.17, 15) is 9.59 Å². The van der Waals surface area contributed by atoms with Gasteiger partial charge in [0.15, 0.2) is 0 Å². The van der Waals surface area contributed by atoms with Crippen molar-refractivity contribution in [2.75, 3.05) is 13.1 Å². The molecule has 1 aromatic carbocycles. The average Bonchev–Trinajstić information content (AvgIpc) is 2.48. The normalized spacial score (nSPS) is 16.8. The molecule has 0 spiro atoms. The highest BCUT2D eigenvalue weighted by Gasteiger charge is 2.25. The lowest BCUT2D eigenvalue weighted by atomic mass is 10.0. The molecule has 1 fully saturated rings. The summed E-state index contributed by atoms with van der Waals surface area (Å²) in [5.74, 6) is 0.156. The summed E-state index contributed by atoms with van der Waals surface area (Å²) in [7, 11) is 0.